The maximum Gasteiger partial charge on any atom is 0.284 e. The number of nitrogens with two attached hydrogens (primary N) is 1. The van der Waals surface area contributed by atoms with Gasteiger partial charge < -0.3 is 5.73 Å². The second-order valence-corrected chi connectivity index (χ2v) is 2.33. The van der Waals surface area contributed by atoms with Crippen LogP contribution in [0.1, 0.15) is 0 Å². The third-order valence-corrected chi connectivity index (χ3v) is 1.60. The Morgan fingerprint density at radius 3 is 3.00 bits per heavy atom. The molecule has 2 aromatic rings. The van der Waals surface area contributed by atoms with Gasteiger partial charge in [-0.2, -0.15) is 10.2 Å². The zero-order chi connectivity index (χ0) is 8.72. The highest BCUT2D eigenvalue weighted by Gasteiger charge is 2.07. The van der Waals surface area contributed by atoms with Crippen molar-refractivity contribution in [1.29, 1.82) is 0 Å². The lowest BCUT2D eigenvalue weighted by molar-refractivity contribution is 0.857. The Labute approximate surface area is 66.2 Å². The Kier molecular flexibility index (Phi) is 1.15. The summed E-state index contributed by atoms with van der Waals surface area (Å²) in [7, 11) is 1.53. The molecule has 0 bridgehead atoms. The van der Waals surface area contributed by atoms with Gasteiger partial charge in [-0.25, -0.2) is 0 Å². The normalized spacial score (nSPS) is 10.8. The second kappa shape index (κ2) is 2.03. The molecule has 2 aromatic heterocycles. The molecular formula is C5H6N6O. The third kappa shape index (κ3) is 0.698. The quantitative estimate of drug-likeness (QED) is 0.502. The summed E-state index contributed by atoms with van der Waals surface area (Å²) in [6.45, 7) is 0. The number of rotatable bonds is 0. The van der Waals surface area contributed by atoms with Gasteiger partial charge in [-0.1, -0.05) is 0 Å². The Morgan fingerprint density at radius 1 is 1.50 bits per heavy atom. The molecule has 0 amide bonds. The topological polar surface area (TPSA) is 102 Å². The SMILES string of the molecule is Cn1c(N)nc2n[nH]nc2c1=O. The lowest BCUT2D eigenvalue weighted by Gasteiger charge is -1.98. The standard InChI is InChI=1S/C5H6N6O/c1-11-4(12)2-3(7-5(11)6)9-10-8-2/h1H3,(H3,6,7,8,9,10). The van der Waals surface area contributed by atoms with Crippen LogP contribution in [0.5, 0.6) is 0 Å². The van der Waals surface area contributed by atoms with E-state index in [9.17, 15) is 4.79 Å². The van der Waals surface area contributed by atoms with Gasteiger partial charge in [0, 0.05) is 7.05 Å². The minimum absolute atomic E-state index is 0.126. The zero-order valence-corrected chi connectivity index (χ0v) is 6.27. The van der Waals surface area contributed by atoms with Crippen molar-refractivity contribution in [2.45, 2.75) is 0 Å². The summed E-state index contributed by atoms with van der Waals surface area (Å²) in [4.78, 5) is 15.2. The van der Waals surface area contributed by atoms with Gasteiger partial charge in [-0.15, -0.1) is 10.2 Å². The van der Waals surface area contributed by atoms with Crippen molar-refractivity contribution in [3.05, 3.63) is 10.4 Å². The van der Waals surface area contributed by atoms with Gasteiger partial charge in [-0.05, 0) is 0 Å². The van der Waals surface area contributed by atoms with E-state index in [1.807, 2.05) is 0 Å². The Bertz CT molecular complexity index is 482. The molecule has 0 unspecified atom stereocenters. The van der Waals surface area contributed by atoms with Gasteiger partial charge in [0.05, 0.1) is 0 Å². The molecule has 12 heavy (non-hydrogen) atoms. The number of nitrogens with zero attached hydrogens (tertiary/aromatic N) is 4. The van der Waals surface area contributed by atoms with Crippen LogP contribution in [0.2, 0.25) is 0 Å². The van der Waals surface area contributed by atoms with Gasteiger partial charge in [0.1, 0.15) is 0 Å². The second-order valence-electron chi connectivity index (χ2n) is 2.33. The van der Waals surface area contributed by atoms with E-state index in [1.54, 1.807) is 0 Å². The zero-order valence-electron chi connectivity index (χ0n) is 6.27. The Hall–Kier alpha value is -1.92. The van der Waals surface area contributed by atoms with Gasteiger partial charge in [0.2, 0.25) is 11.6 Å². The average Bonchev–Trinajstić information content (AvgIpc) is 2.48. The first-order valence-corrected chi connectivity index (χ1v) is 3.23. The van der Waals surface area contributed by atoms with E-state index in [-0.39, 0.29) is 22.7 Å². The van der Waals surface area contributed by atoms with E-state index < -0.39 is 0 Å². The number of nitrogens with one attached hydrogen (secondary N) is 1. The van der Waals surface area contributed by atoms with Crippen LogP contribution in [0.3, 0.4) is 0 Å². The first-order valence-electron chi connectivity index (χ1n) is 3.23. The number of hydrogen-bond donors (Lipinski definition) is 2. The van der Waals surface area contributed by atoms with Crippen LogP contribution in [-0.4, -0.2) is 25.0 Å². The molecule has 7 heteroatoms. The van der Waals surface area contributed by atoms with Crippen LogP contribution >= 0.6 is 0 Å². The number of nitrogen functional groups attached to an aromatic ring is 1. The van der Waals surface area contributed by atoms with Gasteiger partial charge >= 0.3 is 0 Å². The first-order chi connectivity index (χ1) is 5.70. The fourth-order valence-corrected chi connectivity index (χ4v) is 0.893. The third-order valence-electron chi connectivity index (χ3n) is 1.60. The molecule has 0 saturated carbocycles. The van der Waals surface area contributed by atoms with E-state index in [1.165, 1.54) is 11.6 Å². The van der Waals surface area contributed by atoms with Crippen LogP contribution in [-0.2, 0) is 7.05 Å². The van der Waals surface area contributed by atoms with E-state index in [0.29, 0.717) is 0 Å². The van der Waals surface area contributed by atoms with Crippen LogP contribution in [0.15, 0.2) is 4.79 Å². The predicted molar refractivity (Wildman–Crippen MR) is 41.3 cm³/mol. The monoisotopic (exact) mass is 166 g/mol. The van der Waals surface area contributed by atoms with Crippen LogP contribution in [0.4, 0.5) is 5.95 Å². The molecule has 62 valence electrons. The Morgan fingerprint density at radius 2 is 2.25 bits per heavy atom. The van der Waals surface area contributed by atoms with Crippen molar-refractivity contribution in [1.82, 2.24) is 25.0 Å². The number of fused-ring (bicyclic) bond motifs is 1. The van der Waals surface area contributed by atoms with Crippen molar-refractivity contribution < 1.29 is 0 Å². The molecular weight excluding hydrogens is 160 g/mol. The lowest BCUT2D eigenvalue weighted by Crippen LogP contribution is -2.21. The molecule has 0 aliphatic rings. The highest BCUT2D eigenvalue weighted by molar-refractivity contribution is 5.68. The minimum atomic E-state index is -0.300. The fraction of sp³-hybridized carbons (Fsp3) is 0.200. The molecule has 0 radical (unpaired) electrons. The predicted octanol–water partition coefficient (Wildman–Crippen LogP) is -1.37. The fourth-order valence-electron chi connectivity index (χ4n) is 0.893. The summed E-state index contributed by atoms with van der Waals surface area (Å²) < 4.78 is 1.21. The van der Waals surface area contributed by atoms with Crippen molar-refractivity contribution in [2.75, 3.05) is 5.73 Å². The molecule has 0 spiro atoms. The van der Waals surface area contributed by atoms with Crippen LogP contribution < -0.4 is 11.3 Å². The summed E-state index contributed by atoms with van der Waals surface area (Å²) in [5, 5.41) is 9.58. The number of anilines is 1. The summed E-state index contributed by atoms with van der Waals surface area (Å²) >= 11 is 0. The van der Waals surface area contributed by atoms with Crippen molar-refractivity contribution in [2.24, 2.45) is 7.05 Å². The molecule has 3 N–H and O–H groups in total. The molecule has 0 fully saturated rings. The maximum absolute atomic E-state index is 11.3. The van der Waals surface area contributed by atoms with Crippen LogP contribution in [0.25, 0.3) is 11.2 Å². The van der Waals surface area contributed by atoms with E-state index in [2.05, 4.69) is 20.4 Å². The molecule has 2 rings (SSSR count). The van der Waals surface area contributed by atoms with Gasteiger partial charge in [0.15, 0.2) is 5.52 Å². The molecule has 0 aliphatic carbocycles. The molecule has 0 aromatic carbocycles. The van der Waals surface area contributed by atoms with Crippen LogP contribution in [0, 0.1) is 0 Å². The average molecular weight is 166 g/mol. The molecule has 2 heterocycles. The highest BCUT2D eigenvalue weighted by atomic mass is 16.1. The molecule has 0 saturated heterocycles. The Balaban J connectivity index is 3.05. The summed E-state index contributed by atoms with van der Waals surface area (Å²) in [6.07, 6.45) is 0. The number of H-pyrrole nitrogens is 1. The molecule has 0 atom stereocenters. The smallest absolute Gasteiger partial charge is 0.284 e. The van der Waals surface area contributed by atoms with Crippen molar-refractivity contribution >= 4 is 17.1 Å². The lowest BCUT2D eigenvalue weighted by atomic mass is 10.5. The minimum Gasteiger partial charge on any atom is -0.369 e. The van der Waals surface area contributed by atoms with Crippen molar-refractivity contribution in [3.63, 3.8) is 0 Å². The summed E-state index contributed by atoms with van der Waals surface area (Å²) in [5.41, 5.74) is 5.56. The van der Waals surface area contributed by atoms with Gasteiger partial charge in [-0.3, -0.25) is 9.36 Å². The molecule has 7 nitrogen and oxygen atoms in total. The highest BCUT2D eigenvalue weighted by Crippen LogP contribution is 1.99. The summed E-state index contributed by atoms with van der Waals surface area (Å²) in [6, 6.07) is 0. The largest absolute Gasteiger partial charge is 0.369 e. The number of aromatic nitrogens is 5. The number of aromatic amines is 1. The van der Waals surface area contributed by atoms with E-state index in [0.717, 1.165) is 0 Å². The molecule has 0 aliphatic heterocycles. The van der Waals surface area contributed by atoms with E-state index in [4.69, 9.17) is 5.73 Å². The summed E-state index contributed by atoms with van der Waals surface area (Å²) in [5.74, 6) is 0.126. The number of hydrogen-bond acceptors (Lipinski definition) is 5. The van der Waals surface area contributed by atoms with Gasteiger partial charge in [0.25, 0.3) is 5.56 Å². The first kappa shape index (κ1) is 6.77. The van der Waals surface area contributed by atoms with E-state index >= 15 is 0 Å². The maximum atomic E-state index is 11.3. The van der Waals surface area contributed by atoms with Crippen molar-refractivity contribution in [3.8, 4) is 0 Å².